The van der Waals surface area contributed by atoms with Crippen LogP contribution >= 0.6 is 0 Å². The summed E-state index contributed by atoms with van der Waals surface area (Å²) < 4.78 is 5.07. The van der Waals surface area contributed by atoms with Crippen LogP contribution in [0.1, 0.15) is 33.3 Å². The van der Waals surface area contributed by atoms with Gasteiger partial charge in [0.15, 0.2) is 0 Å². The molecular weight excluding hydrogens is 368 g/mol. The summed E-state index contributed by atoms with van der Waals surface area (Å²) in [7, 11) is 1.72. The Kier molecular flexibility index (Phi) is 6.52. The van der Waals surface area contributed by atoms with Crippen LogP contribution < -0.4 is 5.32 Å². The second kappa shape index (κ2) is 9.45. The molecule has 0 atom stereocenters. The molecule has 3 aromatic rings. The number of aromatic nitrogens is 2. The minimum atomic E-state index is -0.419. The number of hydrogen-bond donors (Lipinski definition) is 1. The van der Waals surface area contributed by atoms with E-state index in [1.807, 2.05) is 30.3 Å². The van der Waals surface area contributed by atoms with Crippen LogP contribution in [-0.2, 0) is 11.3 Å². The highest BCUT2D eigenvalue weighted by molar-refractivity contribution is 5.96. The Balaban J connectivity index is 1.69. The van der Waals surface area contributed by atoms with E-state index in [1.54, 1.807) is 43.1 Å². The smallest absolute Gasteiger partial charge is 0.340 e. The van der Waals surface area contributed by atoms with Gasteiger partial charge in [0.05, 0.1) is 30.3 Å². The van der Waals surface area contributed by atoms with Gasteiger partial charge in [-0.25, -0.2) is 14.8 Å². The molecule has 0 unspecified atom stereocenters. The van der Waals surface area contributed by atoms with Crippen molar-refractivity contribution in [2.75, 3.05) is 19.0 Å². The van der Waals surface area contributed by atoms with Gasteiger partial charge in [-0.1, -0.05) is 42.5 Å². The number of rotatable bonds is 7. The zero-order valence-corrected chi connectivity index (χ0v) is 16.3. The first kappa shape index (κ1) is 20.0. The molecule has 0 aliphatic heterocycles. The summed E-state index contributed by atoms with van der Waals surface area (Å²) in [5.41, 5.74) is 2.23. The maximum absolute atomic E-state index is 12.6. The first-order chi connectivity index (χ1) is 14.1. The number of ether oxygens (including phenoxy) is 1. The van der Waals surface area contributed by atoms with Crippen LogP contribution in [0.4, 0.5) is 11.5 Å². The Labute approximate surface area is 169 Å². The summed E-state index contributed by atoms with van der Waals surface area (Å²) in [6, 6.07) is 16.7. The van der Waals surface area contributed by atoms with Crippen LogP contribution in [0.25, 0.3) is 0 Å². The molecule has 3 rings (SSSR count). The fraction of sp³-hybridized carbons (Fsp3) is 0.182. The lowest BCUT2D eigenvalue weighted by molar-refractivity contribution is 0.0527. The van der Waals surface area contributed by atoms with Crippen molar-refractivity contribution in [3.05, 3.63) is 83.8 Å². The Morgan fingerprint density at radius 2 is 1.72 bits per heavy atom. The average molecular weight is 390 g/mol. The van der Waals surface area contributed by atoms with Gasteiger partial charge in [0, 0.05) is 13.6 Å². The predicted molar refractivity (Wildman–Crippen MR) is 110 cm³/mol. The van der Waals surface area contributed by atoms with Gasteiger partial charge in [0.25, 0.3) is 5.91 Å². The Bertz CT molecular complexity index is 975. The lowest BCUT2D eigenvalue weighted by Crippen LogP contribution is -2.27. The number of amides is 1. The molecule has 0 fully saturated rings. The SMILES string of the molecule is CCOC(=O)c1ccccc1Nc1cnc(C(=O)N(C)Cc2ccccc2)cn1. The van der Waals surface area contributed by atoms with E-state index in [-0.39, 0.29) is 11.6 Å². The van der Waals surface area contributed by atoms with Gasteiger partial charge in [0.1, 0.15) is 11.5 Å². The van der Waals surface area contributed by atoms with E-state index in [0.717, 1.165) is 5.56 Å². The number of nitrogens with one attached hydrogen (secondary N) is 1. The molecule has 1 heterocycles. The number of nitrogens with zero attached hydrogens (tertiary/aromatic N) is 3. The van der Waals surface area contributed by atoms with Crippen LogP contribution in [0.2, 0.25) is 0 Å². The van der Waals surface area contributed by atoms with Crippen molar-refractivity contribution < 1.29 is 14.3 Å². The minimum Gasteiger partial charge on any atom is -0.462 e. The molecule has 1 N–H and O–H groups in total. The Morgan fingerprint density at radius 1 is 1.00 bits per heavy atom. The number of carbonyl (C=O) groups is 2. The predicted octanol–water partition coefficient (Wildman–Crippen LogP) is 3.67. The molecule has 7 heteroatoms. The molecule has 0 bridgehead atoms. The van der Waals surface area contributed by atoms with Crippen molar-refractivity contribution in [3.63, 3.8) is 0 Å². The van der Waals surface area contributed by atoms with Gasteiger partial charge in [0.2, 0.25) is 0 Å². The van der Waals surface area contributed by atoms with E-state index in [0.29, 0.717) is 30.2 Å². The van der Waals surface area contributed by atoms with Crippen molar-refractivity contribution in [2.45, 2.75) is 13.5 Å². The van der Waals surface area contributed by atoms with E-state index in [1.165, 1.54) is 12.4 Å². The number of hydrogen-bond acceptors (Lipinski definition) is 6. The summed E-state index contributed by atoms with van der Waals surface area (Å²) in [5.74, 6) is -0.221. The fourth-order valence-corrected chi connectivity index (χ4v) is 2.74. The average Bonchev–Trinajstić information content (AvgIpc) is 2.75. The Morgan fingerprint density at radius 3 is 2.41 bits per heavy atom. The van der Waals surface area contributed by atoms with Gasteiger partial charge in [-0.15, -0.1) is 0 Å². The zero-order valence-electron chi connectivity index (χ0n) is 16.3. The number of esters is 1. The second-order valence-corrected chi connectivity index (χ2v) is 6.32. The van der Waals surface area contributed by atoms with Crippen LogP contribution in [0.15, 0.2) is 67.0 Å². The van der Waals surface area contributed by atoms with Crippen molar-refractivity contribution in [2.24, 2.45) is 0 Å². The largest absolute Gasteiger partial charge is 0.462 e. The molecule has 148 valence electrons. The summed E-state index contributed by atoms with van der Waals surface area (Å²) in [5, 5.41) is 3.05. The van der Waals surface area contributed by atoms with Crippen LogP contribution in [0, 0.1) is 0 Å². The number of anilines is 2. The third-order valence-electron chi connectivity index (χ3n) is 4.17. The summed E-state index contributed by atoms with van der Waals surface area (Å²) in [4.78, 5) is 34.7. The number of carbonyl (C=O) groups excluding carboxylic acids is 2. The maximum Gasteiger partial charge on any atom is 0.340 e. The zero-order chi connectivity index (χ0) is 20.6. The van der Waals surface area contributed by atoms with Gasteiger partial charge < -0.3 is 15.0 Å². The van der Waals surface area contributed by atoms with Gasteiger partial charge >= 0.3 is 5.97 Å². The lowest BCUT2D eigenvalue weighted by atomic mass is 10.2. The third-order valence-corrected chi connectivity index (χ3v) is 4.17. The first-order valence-electron chi connectivity index (χ1n) is 9.23. The van der Waals surface area contributed by atoms with Crippen molar-refractivity contribution >= 4 is 23.4 Å². The molecule has 7 nitrogen and oxygen atoms in total. The maximum atomic E-state index is 12.6. The van der Waals surface area contributed by atoms with Crippen LogP contribution in [0.3, 0.4) is 0 Å². The molecule has 1 aromatic heterocycles. The van der Waals surface area contributed by atoms with Crippen molar-refractivity contribution in [1.82, 2.24) is 14.9 Å². The molecule has 0 aliphatic carbocycles. The van der Waals surface area contributed by atoms with Crippen LogP contribution in [0.5, 0.6) is 0 Å². The quantitative estimate of drug-likeness (QED) is 0.620. The molecule has 0 aliphatic rings. The summed E-state index contributed by atoms with van der Waals surface area (Å²) >= 11 is 0. The van der Waals surface area contributed by atoms with Gasteiger partial charge in [-0.2, -0.15) is 0 Å². The molecule has 29 heavy (non-hydrogen) atoms. The van der Waals surface area contributed by atoms with Crippen molar-refractivity contribution in [1.29, 1.82) is 0 Å². The van der Waals surface area contributed by atoms with Crippen molar-refractivity contribution in [3.8, 4) is 0 Å². The lowest BCUT2D eigenvalue weighted by Gasteiger charge is -2.17. The topological polar surface area (TPSA) is 84.4 Å². The molecule has 0 radical (unpaired) electrons. The standard InChI is InChI=1S/C22H22N4O3/c1-3-29-22(28)17-11-7-8-12-18(17)25-20-14-23-19(13-24-20)21(27)26(2)15-16-9-5-4-6-10-16/h4-14H,3,15H2,1-2H3,(H,24,25). The van der Waals surface area contributed by atoms with E-state index in [2.05, 4.69) is 15.3 Å². The normalized spacial score (nSPS) is 10.3. The molecule has 1 amide bonds. The third kappa shape index (κ3) is 5.16. The molecule has 2 aromatic carbocycles. The molecular formula is C22H22N4O3. The van der Waals surface area contributed by atoms with E-state index in [9.17, 15) is 9.59 Å². The molecule has 0 saturated carbocycles. The molecule has 0 spiro atoms. The molecule has 0 saturated heterocycles. The fourth-order valence-electron chi connectivity index (χ4n) is 2.74. The highest BCUT2D eigenvalue weighted by Gasteiger charge is 2.15. The van der Waals surface area contributed by atoms with E-state index >= 15 is 0 Å². The summed E-state index contributed by atoms with van der Waals surface area (Å²) in [6.07, 6.45) is 2.88. The number of para-hydroxylation sites is 1. The minimum absolute atomic E-state index is 0.222. The van der Waals surface area contributed by atoms with Gasteiger partial charge in [-0.3, -0.25) is 4.79 Å². The van der Waals surface area contributed by atoms with Gasteiger partial charge in [-0.05, 0) is 24.6 Å². The Hall–Kier alpha value is -3.74. The van der Waals surface area contributed by atoms with E-state index in [4.69, 9.17) is 4.74 Å². The summed E-state index contributed by atoms with van der Waals surface area (Å²) in [6.45, 7) is 2.53. The number of benzene rings is 2. The first-order valence-corrected chi connectivity index (χ1v) is 9.23. The highest BCUT2D eigenvalue weighted by Crippen LogP contribution is 2.20. The monoisotopic (exact) mass is 390 g/mol. The van der Waals surface area contributed by atoms with E-state index < -0.39 is 5.97 Å². The highest BCUT2D eigenvalue weighted by atomic mass is 16.5. The second-order valence-electron chi connectivity index (χ2n) is 6.32. The van der Waals surface area contributed by atoms with Crippen LogP contribution in [-0.4, -0.2) is 40.4 Å².